The number of urea groups is 1. The summed E-state index contributed by atoms with van der Waals surface area (Å²) in [6.07, 6.45) is 1.18. The Morgan fingerprint density at radius 2 is 1.52 bits per heavy atom. The van der Waals surface area contributed by atoms with Gasteiger partial charge in [0.2, 0.25) is 11.8 Å². The van der Waals surface area contributed by atoms with Gasteiger partial charge in [-0.3, -0.25) is 14.6 Å². The summed E-state index contributed by atoms with van der Waals surface area (Å²) in [4.78, 5) is 68.0. The van der Waals surface area contributed by atoms with Crippen LogP contribution in [0.2, 0.25) is 0 Å². The van der Waals surface area contributed by atoms with Gasteiger partial charge in [-0.1, -0.05) is 114 Å². The van der Waals surface area contributed by atoms with Gasteiger partial charge in [0.15, 0.2) is 0 Å². The molecule has 0 bridgehead atoms. The fourth-order valence-corrected chi connectivity index (χ4v) is 8.28. The molecule has 0 aliphatic carbocycles. The number of carbonyl (C=O) groups excluding carboxylic acids is 4. The molecule has 1 aliphatic rings. The van der Waals surface area contributed by atoms with E-state index >= 15 is 0 Å². The average Bonchev–Trinajstić information content (AvgIpc) is 3.79. The predicted molar refractivity (Wildman–Crippen MR) is 243 cm³/mol. The summed E-state index contributed by atoms with van der Waals surface area (Å²) in [6, 6.07) is 27.6. The van der Waals surface area contributed by atoms with E-state index < -0.39 is 47.7 Å². The molecule has 5 aromatic rings. The lowest BCUT2D eigenvalue weighted by Gasteiger charge is -2.35. The Labute approximate surface area is 370 Å². The molecule has 0 saturated carbocycles. The van der Waals surface area contributed by atoms with Crippen molar-refractivity contribution in [3.63, 3.8) is 0 Å². The van der Waals surface area contributed by atoms with Gasteiger partial charge in [0, 0.05) is 37.9 Å². The van der Waals surface area contributed by atoms with E-state index in [0.29, 0.717) is 32.5 Å². The van der Waals surface area contributed by atoms with Gasteiger partial charge in [0.1, 0.15) is 17.9 Å². The van der Waals surface area contributed by atoms with Gasteiger partial charge in [0.05, 0.1) is 42.5 Å². The van der Waals surface area contributed by atoms with Crippen LogP contribution in [0.15, 0.2) is 103 Å². The molecular weight excluding hydrogens is 797 g/mol. The summed E-state index contributed by atoms with van der Waals surface area (Å²) in [6.45, 7) is 10.6. The highest BCUT2D eigenvalue weighted by Crippen LogP contribution is 2.26. The largest absolute Gasteiger partial charge is 0.453 e. The average molecular weight is 859 g/mol. The first kappa shape index (κ1) is 46.2. The van der Waals surface area contributed by atoms with E-state index in [1.165, 1.54) is 7.11 Å². The summed E-state index contributed by atoms with van der Waals surface area (Å²) in [5.41, 5.74) is 4.66. The Bertz CT molecular complexity index is 2310. The fourth-order valence-electron chi connectivity index (χ4n) is 8.28. The van der Waals surface area contributed by atoms with Crippen molar-refractivity contribution in [2.24, 2.45) is 18.4 Å². The number of methoxy groups -OCH3 is 1. The number of alkyl carbamates (subject to hydrolysis) is 1. The number of hydrogen-bond acceptors (Lipinski definition) is 8. The van der Waals surface area contributed by atoms with Crippen LogP contribution in [0.4, 0.5) is 9.59 Å². The van der Waals surface area contributed by atoms with Gasteiger partial charge in [0.25, 0.3) is 0 Å². The number of nitrogens with zero attached hydrogens (tertiary/aromatic N) is 5. The Morgan fingerprint density at radius 1 is 0.841 bits per heavy atom. The van der Waals surface area contributed by atoms with Crippen LogP contribution in [-0.2, 0) is 40.8 Å². The number of para-hydroxylation sites is 2. The van der Waals surface area contributed by atoms with Crippen LogP contribution in [0.1, 0.15) is 64.4 Å². The summed E-state index contributed by atoms with van der Waals surface area (Å²) < 4.78 is 6.84. The van der Waals surface area contributed by atoms with E-state index in [-0.39, 0.29) is 30.7 Å². The molecule has 334 valence electrons. The molecule has 1 fully saturated rings. The fraction of sp³-hybridized carbons (Fsp3) is 0.429. The second-order valence-electron chi connectivity index (χ2n) is 17.7. The van der Waals surface area contributed by atoms with Gasteiger partial charge in [-0.25, -0.2) is 14.6 Å². The molecule has 6 atom stereocenters. The van der Waals surface area contributed by atoms with Crippen molar-refractivity contribution in [2.75, 3.05) is 20.2 Å². The number of aromatic nitrogens is 3. The van der Waals surface area contributed by atoms with Crippen LogP contribution >= 0.6 is 0 Å². The van der Waals surface area contributed by atoms with Crippen molar-refractivity contribution in [3.8, 4) is 11.3 Å². The van der Waals surface area contributed by atoms with Crippen LogP contribution in [0.25, 0.3) is 22.3 Å². The molecule has 6 rings (SSSR count). The SMILES string of the molecule is CCC(C)[C@@H](C(=O)N[C@@H](Cc1ccccc1)C[C@H](O)[C@H](Cc1ccc(-c2ccccn2)cc1)NC(=O)[C@@H](NC(=O)OC)C(C)(C)C)N1CCN(Cc2nc3ccccc3n2C)C1=O. The lowest BCUT2D eigenvalue weighted by atomic mass is 9.85. The van der Waals surface area contributed by atoms with Gasteiger partial charge < -0.3 is 40.2 Å². The first-order valence-corrected chi connectivity index (χ1v) is 21.8. The van der Waals surface area contributed by atoms with Gasteiger partial charge in [-0.2, -0.15) is 0 Å². The molecular formula is C49H62N8O6. The summed E-state index contributed by atoms with van der Waals surface area (Å²) in [5.74, 6) is -0.215. The van der Waals surface area contributed by atoms with Crippen molar-refractivity contribution >= 4 is 35.0 Å². The minimum absolute atomic E-state index is 0.0717. The highest BCUT2D eigenvalue weighted by Gasteiger charge is 2.41. The predicted octanol–water partition coefficient (Wildman–Crippen LogP) is 6.26. The number of pyridine rings is 1. The quantitative estimate of drug-likeness (QED) is 0.0800. The number of aryl methyl sites for hydroxylation is 1. The third-order valence-corrected chi connectivity index (χ3v) is 12.1. The van der Waals surface area contributed by atoms with E-state index in [9.17, 15) is 24.3 Å². The number of amides is 5. The number of aliphatic hydroxyl groups excluding tert-OH is 1. The lowest BCUT2D eigenvalue weighted by Crippen LogP contribution is -2.58. The first-order valence-electron chi connectivity index (χ1n) is 21.8. The Kier molecular flexibility index (Phi) is 15.2. The molecule has 1 aliphatic heterocycles. The molecule has 3 heterocycles. The maximum Gasteiger partial charge on any atom is 0.407 e. The van der Waals surface area contributed by atoms with E-state index in [2.05, 4.69) is 20.9 Å². The molecule has 63 heavy (non-hydrogen) atoms. The second kappa shape index (κ2) is 20.7. The molecule has 14 heteroatoms. The van der Waals surface area contributed by atoms with E-state index in [0.717, 1.165) is 39.2 Å². The minimum Gasteiger partial charge on any atom is -0.453 e. The molecule has 4 N–H and O–H groups in total. The Balaban J connectivity index is 1.25. The summed E-state index contributed by atoms with van der Waals surface area (Å²) in [7, 11) is 3.18. The van der Waals surface area contributed by atoms with Crippen molar-refractivity contribution in [3.05, 3.63) is 120 Å². The zero-order valence-electron chi connectivity index (χ0n) is 37.5. The Morgan fingerprint density at radius 3 is 2.17 bits per heavy atom. The smallest absolute Gasteiger partial charge is 0.407 e. The number of carbonyl (C=O) groups is 4. The zero-order chi connectivity index (χ0) is 45.3. The van der Waals surface area contributed by atoms with Crippen molar-refractivity contribution in [2.45, 2.75) is 97.1 Å². The molecule has 1 saturated heterocycles. The first-order chi connectivity index (χ1) is 30.2. The van der Waals surface area contributed by atoms with E-state index in [4.69, 9.17) is 9.72 Å². The minimum atomic E-state index is -1.16. The summed E-state index contributed by atoms with van der Waals surface area (Å²) in [5, 5.41) is 21.2. The highest BCUT2D eigenvalue weighted by atomic mass is 16.5. The third kappa shape index (κ3) is 11.6. The number of nitrogens with one attached hydrogen (secondary N) is 3. The van der Waals surface area contributed by atoms with Crippen molar-refractivity contribution < 1.29 is 29.0 Å². The van der Waals surface area contributed by atoms with E-state index in [1.54, 1.807) is 16.0 Å². The van der Waals surface area contributed by atoms with Gasteiger partial charge in [-0.15, -0.1) is 0 Å². The number of aliphatic hydroxyl groups is 1. The van der Waals surface area contributed by atoms with Gasteiger partial charge in [-0.05, 0) is 66.0 Å². The maximum atomic E-state index is 14.7. The Hall–Kier alpha value is -6.28. The van der Waals surface area contributed by atoms with Crippen LogP contribution in [0.5, 0.6) is 0 Å². The third-order valence-electron chi connectivity index (χ3n) is 12.1. The molecule has 5 amide bonds. The summed E-state index contributed by atoms with van der Waals surface area (Å²) >= 11 is 0. The molecule has 2 aromatic heterocycles. The van der Waals surface area contributed by atoms with Crippen molar-refractivity contribution in [1.29, 1.82) is 0 Å². The van der Waals surface area contributed by atoms with Crippen LogP contribution < -0.4 is 16.0 Å². The number of hydrogen-bond donors (Lipinski definition) is 4. The zero-order valence-corrected chi connectivity index (χ0v) is 37.5. The topological polar surface area (TPSA) is 171 Å². The van der Waals surface area contributed by atoms with Crippen LogP contribution in [0.3, 0.4) is 0 Å². The number of ether oxygens (including phenoxy) is 1. The van der Waals surface area contributed by atoms with Crippen LogP contribution in [0, 0.1) is 11.3 Å². The number of imidazole rings is 1. The molecule has 0 spiro atoms. The highest BCUT2D eigenvalue weighted by molar-refractivity contribution is 5.89. The number of benzene rings is 3. The number of fused-ring (bicyclic) bond motifs is 1. The monoisotopic (exact) mass is 858 g/mol. The van der Waals surface area contributed by atoms with Gasteiger partial charge >= 0.3 is 12.1 Å². The second-order valence-corrected chi connectivity index (χ2v) is 17.7. The molecule has 14 nitrogen and oxygen atoms in total. The van der Waals surface area contributed by atoms with Crippen LogP contribution in [-0.4, -0.2) is 104 Å². The lowest BCUT2D eigenvalue weighted by molar-refractivity contribution is -0.129. The maximum absolute atomic E-state index is 14.7. The molecule has 0 radical (unpaired) electrons. The molecule has 1 unspecified atom stereocenters. The van der Waals surface area contributed by atoms with Crippen molar-refractivity contribution in [1.82, 2.24) is 40.3 Å². The molecule has 3 aromatic carbocycles. The normalized spacial score (nSPS) is 15.9. The number of rotatable bonds is 18. The van der Waals surface area contributed by atoms with E-state index in [1.807, 2.05) is 143 Å². The standard InChI is InChI=1S/C49H62N8O6/c1-8-32(2)43(57-27-26-56(48(57)62)31-42-52-38-19-12-13-20-40(38)55(42)6)45(59)51-36(28-33-16-10-9-11-17-33)30-41(58)39(53-46(60)44(49(3,4)5)54-47(61)63-7)29-34-21-23-35(24-22-34)37-18-14-15-25-50-37/h9-25,32,36,39,41,43-44,58H,8,26-31H2,1-7H3,(H,51,59)(H,53,60)(H,54,61)/t32?,36-,39-,41-,43-,44+/m0/s1.